The SMILES string of the molecule is COc1nc2ccc(Br)cc2cc1C(c1ccccc1)C(O)(c1cccc2ccccc12)C1CCN(C)CC1. The lowest BCUT2D eigenvalue weighted by atomic mass is 9.64. The summed E-state index contributed by atoms with van der Waals surface area (Å²) in [4.78, 5) is 7.30. The summed E-state index contributed by atoms with van der Waals surface area (Å²) in [6, 6.07) is 33.3. The summed E-state index contributed by atoms with van der Waals surface area (Å²) in [7, 11) is 3.83. The number of benzene rings is 4. The van der Waals surface area contributed by atoms with Crippen LogP contribution in [0.2, 0.25) is 0 Å². The number of aliphatic hydroxyl groups is 1. The molecule has 2 heterocycles. The topological polar surface area (TPSA) is 45.6 Å². The number of rotatable bonds is 6. The standard InChI is InChI=1S/C34H33BrN2O2/c1-37-19-17-26(18-20-37)34(38,30-14-8-12-23-9-6-7-13-28(23)30)32(24-10-4-3-5-11-24)29-22-25-21-27(35)15-16-31(25)36-33(29)39-2/h3-16,21-22,26,32,38H,17-20H2,1-2H3. The molecule has 0 saturated carbocycles. The molecule has 2 atom stereocenters. The van der Waals surface area contributed by atoms with E-state index in [1.165, 1.54) is 0 Å². The highest BCUT2D eigenvalue weighted by molar-refractivity contribution is 9.10. The number of nitrogens with zero attached hydrogens (tertiary/aromatic N) is 2. The molecule has 0 aliphatic carbocycles. The van der Waals surface area contributed by atoms with Crippen molar-refractivity contribution in [3.8, 4) is 5.88 Å². The first-order valence-corrected chi connectivity index (χ1v) is 14.4. The van der Waals surface area contributed by atoms with Crippen molar-refractivity contribution in [3.05, 3.63) is 118 Å². The zero-order valence-electron chi connectivity index (χ0n) is 22.3. The van der Waals surface area contributed by atoms with E-state index in [1.807, 2.05) is 18.2 Å². The Hall–Kier alpha value is -3.25. The number of pyridine rings is 1. The molecular formula is C34H33BrN2O2. The number of methoxy groups -OCH3 is 1. The number of ether oxygens (including phenoxy) is 1. The van der Waals surface area contributed by atoms with Gasteiger partial charge in [-0.25, -0.2) is 4.98 Å². The number of hydrogen-bond donors (Lipinski definition) is 1. The number of hydrogen-bond acceptors (Lipinski definition) is 4. The smallest absolute Gasteiger partial charge is 0.217 e. The van der Waals surface area contributed by atoms with Crippen LogP contribution >= 0.6 is 15.9 Å². The van der Waals surface area contributed by atoms with Crippen LogP contribution in [-0.4, -0.2) is 42.2 Å². The van der Waals surface area contributed by atoms with Crippen molar-refractivity contribution in [2.24, 2.45) is 5.92 Å². The van der Waals surface area contributed by atoms with Gasteiger partial charge in [0.15, 0.2) is 0 Å². The molecule has 1 fully saturated rings. The Morgan fingerprint density at radius 2 is 1.62 bits per heavy atom. The van der Waals surface area contributed by atoms with E-state index >= 15 is 0 Å². The van der Waals surface area contributed by atoms with Crippen molar-refractivity contribution in [2.45, 2.75) is 24.4 Å². The van der Waals surface area contributed by atoms with Crippen LogP contribution in [0.15, 0.2) is 102 Å². The molecule has 0 spiro atoms. The van der Waals surface area contributed by atoms with Crippen LogP contribution in [0, 0.1) is 5.92 Å². The van der Waals surface area contributed by atoms with E-state index in [4.69, 9.17) is 9.72 Å². The highest BCUT2D eigenvalue weighted by Gasteiger charge is 2.49. The largest absolute Gasteiger partial charge is 0.481 e. The first kappa shape index (κ1) is 26.0. The van der Waals surface area contributed by atoms with E-state index in [-0.39, 0.29) is 5.92 Å². The zero-order chi connectivity index (χ0) is 27.0. The minimum atomic E-state index is -1.21. The molecule has 0 amide bonds. The summed E-state index contributed by atoms with van der Waals surface area (Å²) in [5, 5.41) is 16.7. The molecule has 0 radical (unpaired) electrons. The number of piperidine rings is 1. The number of likely N-dealkylation sites (tertiary alicyclic amines) is 1. The van der Waals surface area contributed by atoms with Crippen LogP contribution in [0.5, 0.6) is 5.88 Å². The molecule has 5 aromatic rings. The molecular weight excluding hydrogens is 548 g/mol. The lowest BCUT2D eigenvalue weighted by Gasteiger charge is -2.46. The van der Waals surface area contributed by atoms with Gasteiger partial charge in [-0.2, -0.15) is 0 Å². The van der Waals surface area contributed by atoms with Gasteiger partial charge in [0.05, 0.1) is 12.6 Å². The van der Waals surface area contributed by atoms with E-state index in [0.29, 0.717) is 5.88 Å². The molecule has 5 heteroatoms. The summed E-state index contributed by atoms with van der Waals surface area (Å²) in [6.07, 6.45) is 1.79. The summed E-state index contributed by atoms with van der Waals surface area (Å²) in [5.74, 6) is 0.182. The Balaban J connectivity index is 1.68. The average Bonchev–Trinajstić information content (AvgIpc) is 2.97. The van der Waals surface area contributed by atoms with Crippen LogP contribution in [0.4, 0.5) is 0 Å². The monoisotopic (exact) mass is 580 g/mol. The van der Waals surface area contributed by atoms with Crippen molar-refractivity contribution in [3.63, 3.8) is 0 Å². The Morgan fingerprint density at radius 3 is 2.38 bits per heavy atom. The van der Waals surface area contributed by atoms with Crippen LogP contribution in [0.25, 0.3) is 21.7 Å². The summed E-state index contributed by atoms with van der Waals surface area (Å²) >= 11 is 3.63. The van der Waals surface area contributed by atoms with Crippen LogP contribution in [0.1, 0.15) is 35.4 Å². The Bertz CT molecular complexity index is 1610. The van der Waals surface area contributed by atoms with Gasteiger partial charge in [0.2, 0.25) is 5.88 Å². The third-order valence-electron chi connectivity index (χ3n) is 8.41. The molecule has 2 unspecified atom stereocenters. The fourth-order valence-corrected chi connectivity index (χ4v) is 6.85. The van der Waals surface area contributed by atoms with Gasteiger partial charge in [0.25, 0.3) is 0 Å². The molecule has 4 aromatic carbocycles. The van der Waals surface area contributed by atoms with E-state index in [2.05, 4.69) is 107 Å². The predicted molar refractivity (Wildman–Crippen MR) is 162 cm³/mol. The predicted octanol–water partition coefficient (Wildman–Crippen LogP) is 7.52. The highest BCUT2D eigenvalue weighted by Crippen LogP contribution is 2.53. The molecule has 1 N–H and O–H groups in total. The summed E-state index contributed by atoms with van der Waals surface area (Å²) < 4.78 is 6.96. The maximum absolute atomic E-state index is 13.5. The molecule has 1 aliphatic heterocycles. The molecule has 39 heavy (non-hydrogen) atoms. The second kappa shape index (κ2) is 10.7. The van der Waals surface area contributed by atoms with Crippen LogP contribution < -0.4 is 4.74 Å². The molecule has 1 aliphatic rings. The molecule has 198 valence electrons. The molecule has 6 rings (SSSR count). The van der Waals surface area contributed by atoms with Crippen LogP contribution in [0.3, 0.4) is 0 Å². The quantitative estimate of drug-likeness (QED) is 0.225. The van der Waals surface area contributed by atoms with Gasteiger partial charge in [-0.05, 0) is 85.1 Å². The maximum Gasteiger partial charge on any atom is 0.217 e. The highest BCUT2D eigenvalue weighted by atomic mass is 79.9. The number of halogens is 1. The zero-order valence-corrected chi connectivity index (χ0v) is 23.9. The van der Waals surface area contributed by atoms with Gasteiger partial charge >= 0.3 is 0 Å². The first-order chi connectivity index (χ1) is 19.0. The van der Waals surface area contributed by atoms with Crippen molar-refractivity contribution in [1.29, 1.82) is 0 Å². The number of aromatic nitrogens is 1. The van der Waals surface area contributed by atoms with Crippen molar-refractivity contribution < 1.29 is 9.84 Å². The van der Waals surface area contributed by atoms with Gasteiger partial charge in [0, 0.05) is 21.3 Å². The van der Waals surface area contributed by atoms with Gasteiger partial charge in [-0.1, -0.05) is 88.7 Å². The molecule has 1 aromatic heterocycles. The van der Waals surface area contributed by atoms with E-state index in [9.17, 15) is 5.11 Å². The van der Waals surface area contributed by atoms with Crippen molar-refractivity contribution in [2.75, 3.05) is 27.2 Å². The van der Waals surface area contributed by atoms with Gasteiger partial charge in [-0.15, -0.1) is 0 Å². The summed E-state index contributed by atoms with van der Waals surface area (Å²) in [5.41, 5.74) is 2.54. The van der Waals surface area contributed by atoms with Crippen LogP contribution in [-0.2, 0) is 5.60 Å². The average molecular weight is 582 g/mol. The number of fused-ring (bicyclic) bond motifs is 2. The van der Waals surface area contributed by atoms with Gasteiger partial charge in [0.1, 0.15) is 5.60 Å². The molecule has 1 saturated heterocycles. The first-order valence-electron chi connectivity index (χ1n) is 13.6. The maximum atomic E-state index is 13.5. The molecule has 4 nitrogen and oxygen atoms in total. The second-order valence-corrected chi connectivity index (χ2v) is 11.6. The van der Waals surface area contributed by atoms with Crippen molar-refractivity contribution >= 4 is 37.6 Å². The molecule has 0 bridgehead atoms. The van der Waals surface area contributed by atoms with E-state index < -0.39 is 11.5 Å². The third-order valence-corrected chi connectivity index (χ3v) is 8.90. The van der Waals surface area contributed by atoms with Gasteiger partial charge < -0.3 is 14.7 Å². The Labute approximate surface area is 238 Å². The lowest BCUT2D eigenvalue weighted by molar-refractivity contribution is -0.0592. The Kier molecular flexibility index (Phi) is 7.15. The Morgan fingerprint density at radius 1 is 0.897 bits per heavy atom. The fourth-order valence-electron chi connectivity index (χ4n) is 6.47. The third kappa shape index (κ3) is 4.73. The normalized spacial score (nSPS) is 17.2. The van der Waals surface area contributed by atoms with Crippen molar-refractivity contribution in [1.82, 2.24) is 9.88 Å². The van der Waals surface area contributed by atoms with E-state index in [0.717, 1.165) is 68.8 Å². The lowest BCUT2D eigenvalue weighted by Crippen LogP contribution is -2.46. The minimum absolute atomic E-state index is 0.0348. The van der Waals surface area contributed by atoms with E-state index in [1.54, 1.807) is 7.11 Å². The minimum Gasteiger partial charge on any atom is -0.481 e. The second-order valence-electron chi connectivity index (χ2n) is 10.7. The fraction of sp³-hybridized carbons (Fsp3) is 0.265. The summed E-state index contributed by atoms with van der Waals surface area (Å²) in [6.45, 7) is 1.89. The van der Waals surface area contributed by atoms with Gasteiger partial charge in [-0.3, -0.25) is 0 Å².